The Hall–Kier alpha value is -2.16. The van der Waals surface area contributed by atoms with Crippen molar-refractivity contribution in [3.8, 4) is 11.5 Å². The molecule has 2 aromatic rings. The highest BCUT2D eigenvalue weighted by atomic mass is 16.5. The number of benzene rings is 2. The summed E-state index contributed by atoms with van der Waals surface area (Å²) in [7, 11) is 0. The van der Waals surface area contributed by atoms with Crippen LogP contribution in [0.4, 0.5) is 5.69 Å². The quantitative estimate of drug-likeness (QED) is 0.660. The molecule has 0 radical (unpaired) electrons. The maximum Gasteiger partial charge on any atom is 0.122 e. The number of rotatable bonds is 5. The zero-order chi connectivity index (χ0) is 13.7. The van der Waals surface area contributed by atoms with E-state index in [1.807, 2.05) is 56.3 Å². The summed E-state index contributed by atoms with van der Waals surface area (Å²) in [5.74, 6) is 1.72. The van der Waals surface area contributed by atoms with Gasteiger partial charge in [0.15, 0.2) is 0 Å². The average molecular weight is 257 g/mol. The number of nitrogens with two attached hydrogens (primary N) is 1. The molecule has 0 fully saturated rings. The molecule has 3 nitrogen and oxygen atoms in total. The molecule has 0 aliphatic heterocycles. The summed E-state index contributed by atoms with van der Waals surface area (Å²) in [6.45, 7) is 5.03. The molecule has 2 rings (SSSR count). The molecule has 0 aromatic heterocycles. The van der Waals surface area contributed by atoms with E-state index in [0.717, 1.165) is 28.3 Å². The maximum atomic E-state index is 5.76. The fourth-order valence-corrected chi connectivity index (χ4v) is 1.77. The summed E-state index contributed by atoms with van der Waals surface area (Å²) in [4.78, 5) is 0. The molecule has 19 heavy (non-hydrogen) atoms. The largest absolute Gasteiger partial charge is 0.490 e. The first-order chi connectivity index (χ1) is 9.16. The van der Waals surface area contributed by atoms with E-state index in [1.54, 1.807) is 0 Å². The monoisotopic (exact) mass is 257 g/mol. The molecule has 3 heteroatoms. The Morgan fingerprint density at radius 1 is 0.895 bits per heavy atom. The topological polar surface area (TPSA) is 44.5 Å². The Kier molecular flexibility index (Phi) is 4.29. The summed E-state index contributed by atoms with van der Waals surface area (Å²) < 4.78 is 11.3. The lowest BCUT2D eigenvalue weighted by atomic mass is 10.2. The van der Waals surface area contributed by atoms with Gasteiger partial charge < -0.3 is 15.2 Å². The van der Waals surface area contributed by atoms with E-state index in [1.165, 1.54) is 0 Å². The molecule has 0 aliphatic rings. The molecule has 2 aromatic carbocycles. The molecular formula is C16H19NO2. The van der Waals surface area contributed by atoms with Crippen LogP contribution in [-0.2, 0) is 0 Å². The van der Waals surface area contributed by atoms with E-state index in [9.17, 15) is 0 Å². The fourth-order valence-electron chi connectivity index (χ4n) is 1.77. The first kappa shape index (κ1) is 13.3. The number of hydrogen-bond acceptors (Lipinski definition) is 3. The van der Waals surface area contributed by atoms with E-state index >= 15 is 0 Å². The second-order valence-electron chi connectivity index (χ2n) is 4.48. The van der Waals surface area contributed by atoms with Gasteiger partial charge in [0.2, 0.25) is 0 Å². The van der Waals surface area contributed by atoms with Gasteiger partial charge in [0.25, 0.3) is 0 Å². The SMILES string of the molecule is Cc1cc(OCCOc2ccccc2C)ccc1N. The summed E-state index contributed by atoms with van der Waals surface area (Å²) in [5.41, 5.74) is 8.69. The van der Waals surface area contributed by atoms with Gasteiger partial charge in [-0.15, -0.1) is 0 Å². The van der Waals surface area contributed by atoms with Crippen molar-refractivity contribution < 1.29 is 9.47 Å². The molecule has 0 atom stereocenters. The molecule has 0 aliphatic carbocycles. The van der Waals surface area contributed by atoms with Crippen molar-refractivity contribution in [1.29, 1.82) is 0 Å². The standard InChI is InChI=1S/C16H19NO2/c1-12-5-3-4-6-16(12)19-10-9-18-14-7-8-15(17)13(2)11-14/h3-8,11H,9-10,17H2,1-2H3. The van der Waals surface area contributed by atoms with Crippen molar-refractivity contribution in [1.82, 2.24) is 0 Å². The minimum atomic E-state index is 0.512. The first-order valence-electron chi connectivity index (χ1n) is 6.34. The van der Waals surface area contributed by atoms with Crippen LogP contribution in [0.3, 0.4) is 0 Å². The number of para-hydroxylation sites is 1. The van der Waals surface area contributed by atoms with Crippen molar-refractivity contribution in [2.24, 2.45) is 0 Å². The van der Waals surface area contributed by atoms with Crippen molar-refractivity contribution in [2.75, 3.05) is 18.9 Å². The van der Waals surface area contributed by atoms with Gasteiger partial charge >= 0.3 is 0 Å². The number of anilines is 1. The van der Waals surface area contributed by atoms with Gasteiger partial charge in [0, 0.05) is 5.69 Å². The van der Waals surface area contributed by atoms with Crippen LogP contribution in [0.15, 0.2) is 42.5 Å². The highest BCUT2D eigenvalue weighted by molar-refractivity contribution is 5.49. The summed E-state index contributed by atoms with van der Waals surface area (Å²) in [5, 5.41) is 0. The van der Waals surface area contributed by atoms with Crippen LogP contribution in [-0.4, -0.2) is 13.2 Å². The Labute approximate surface area is 114 Å². The lowest BCUT2D eigenvalue weighted by molar-refractivity contribution is 0.216. The first-order valence-corrected chi connectivity index (χ1v) is 6.34. The zero-order valence-electron chi connectivity index (χ0n) is 11.3. The van der Waals surface area contributed by atoms with Crippen LogP contribution in [0.2, 0.25) is 0 Å². The van der Waals surface area contributed by atoms with Crippen molar-refractivity contribution >= 4 is 5.69 Å². The highest BCUT2D eigenvalue weighted by Gasteiger charge is 2.00. The van der Waals surface area contributed by atoms with Gasteiger partial charge in [-0.25, -0.2) is 0 Å². The molecular weight excluding hydrogens is 238 g/mol. The van der Waals surface area contributed by atoms with E-state index in [0.29, 0.717) is 13.2 Å². The second kappa shape index (κ2) is 6.14. The minimum Gasteiger partial charge on any atom is -0.490 e. The van der Waals surface area contributed by atoms with Crippen molar-refractivity contribution in [3.63, 3.8) is 0 Å². The summed E-state index contributed by atoms with van der Waals surface area (Å²) >= 11 is 0. The minimum absolute atomic E-state index is 0.512. The van der Waals surface area contributed by atoms with Gasteiger partial charge in [-0.05, 0) is 49.2 Å². The van der Waals surface area contributed by atoms with Gasteiger partial charge in [0.05, 0.1) is 0 Å². The van der Waals surface area contributed by atoms with E-state index < -0.39 is 0 Å². The van der Waals surface area contributed by atoms with Crippen LogP contribution >= 0.6 is 0 Å². The maximum absolute atomic E-state index is 5.76. The summed E-state index contributed by atoms with van der Waals surface area (Å²) in [6, 6.07) is 13.6. The lowest BCUT2D eigenvalue weighted by Gasteiger charge is -2.11. The molecule has 0 saturated carbocycles. The zero-order valence-corrected chi connectivity index (χ0v) is 11.3. The van der Waals surface area contributed by atoms with Crippen LogP contribution in [0.1, 0.15) is 11.1 Å². The van der Waals surface area contributed by atoms with Crippen molar-refractivity contribution in [3.05, 3.63) is 53.6 Å². The van der Waals surface area contributed by atoms with Crippen LogP contribution in [0.5, 0.6) is 11.5 Å². The third-order valence-electron chi connectivity index (χ3n) is 2.94. The van der Waals surface area contributed by atoms with E-state index in [2.05, 4.69) is 0 Å². The van der Waals surface area contributed by atoms with Gasteiger partial charge in [-0.1, -0.05) is 18.2 Å². The Morgan fingerprint density at radius 2 is 1.63 bits per heavy atom. The van der Waals surface area contributed by atoms with Gasteiger partial charge in [-0.2, -0.15) is 0 Å². The average Bonchev–Trinajstić information content (AvgIpc) is 2.40. The second-order valence-corrected chi connectivity index (χ2v) is 4.48. The Bertz CT molecular complexity index is 552. The third kappa shape index (κ3) is 3.65. The summed E-state index contributed by atoms with van der Waals surface area (Å²) in [6.07, 6.45) is 0. The number of aryl methyl sites for hydroxylation is 2. The molecule has 0 bridgehead atoms. The fraction of sp³-hybridized carbons (Fsp3) is 0.250. The normalized spacial score (nSPS) is 10.2. The molecule has 0 heterocycles. The number of ether oxygens (including phenoxy) is 2. The number of hydrogen-bond donors (Lipinski definition) is 1. The van der Waals surface area contributed by atoms with Crippen molar-refractivity contribution in [2.45, 2.75) is 13.8 Å². The highest BCUT2D eigenvalue weighted by Crippen LogP contribution is 2.19. The molecule has 0 amide bonds. The third-order valence-corrected chi connectivity index (χ3v) is 2.94. The molecule has 100 valence electrons. The Balaban J connectivity index is 1.81. The predicted octanol–water partition coefficient (Wildman–Crippen LogP) is 3.34. The van der Waals surface area contributed by atoms with Crippen LogP contribution < -0.4 is 15.2 Å². The molecule has 0 saturated heterocycles. The molecule has 0 unspecified atom stereocenters. The molecule has 0 spiro atoms. The lowest BCUT2D eigenvalue weighted by Crippen LogP contribution is -2.09. The predicted molar refractivity (Wildman–Crippen MR) is 77.8 cm³/mol. The van der Waals surface area contributed by atoms with Gasteiger partial charge in [-0.3, -0.25) is 0 Å². The van der Waals surface area contributed by atoms with Crippen LogP contribution in [0, 0.1) is 13.8 Å². The van der Waals surface area contributed by atoms with Gasteiger partial charge in [0.1, 0.15) is 24.7 Å². The number of nitrogen functional groups attached to an aromatic ring is 1. The smallest absolute Gasteiger partial charge is 0.122 e. The molecule has 2 N–H and O–H groups in total. The van der Waals surface area contributed by atoms with E-state index in [-0.39, 0.29) is 0 Å². The van der Waals surface area contributed by atoms with E-state index in [4.69, 9.17) is 15.2 Å². The van der Waals surface area contributed by atoms with Crippen LogP contribution in [0.25, 0.3) is 0 Å². The Morgan fingerprint density at radius 3 is 2.37 bits per heavy atom.